The maximum atomic E-state index is 12.4. The highest BCUT2D eigenvalue weighted by Gasteiger charge is 2.32. The highest BCUT2D eigenvalue weighted by Crippen LogP contribution is 2.22. The first-order valence-electron chi connectivity index (χ1n) is 9.34. The zero-order valence-electron chi connectivity index (χ0n) is 17.3. The molecule has 0 aliphatic heterocycles. The smallest absolute Gasteiger partial charge is 0.349 e. The highest BCUT2D eigenvalue weighted by molar-refractivity contribution is 6.30. The Morgan fingerprint density at radius 2 is 1.23 bits per heavy atom. The molecule has 6 nitrogen and oxygen atoms in total. The molecule has 2 aromatic rings. The molecule has 0 unspecified atom stereocenters. The Labute approximate surface area is 186 Å². The first-order chi connectivity index (χ1) is 14.0. The van der Waals surface area contributed by atoms with Crippen LogP contribution in [0, 0.1) is 0 Å². The van der Waals surface area contributed by atoms with Crippen molar-refractivity contribution >= 4 is 35.1 Å². The molecule has 0 heterocycles. The summed E-state index contributed by atoms with van der Waals surface area (Å²) in [6.07, 6.45) is 0. The summed E-state index contributed by atoms with van der Waals surface area (Å²) >= 11 is 11.7. The van der Waals surface area contributed by atoms with Crippen molar-refractivity contribution in [3.05, 3.63) is 58.6 Å². The van der Waals surface area contributed by atoms with Crippen LogP contribution in [0.25, 0.3) is 0 Å². The van der Waals surface area contributed by atoms with Crippen LogP contribution in [0.1, 0.15) is 27.7 Å². The van der Waals surface area contributed by atoms with Gasteiger partial charge in [-0.2, -0.15) is 0 Å². The average Bonchev–Trinajstić information content (AvgIpc) is 2.68. The zero-order chi connectivity index (χ0) is 22.4. The van der Waals surface area contributed by atoms with E-state index in [0.29, 0.717) is 21.5 Å². The van der Waals surface area contributed by atoms with Crippen LogP contribution in [0.3, 0.4) is 0 Å². The van der Waals surface area contributed by atoms with Crippen LogP contribution in [-0.4, -0.2) is 36.2 Å². The molecule has 0 aliphatic rings. The van der Waals surface area contributed by atoms with E-state index < -0.39 is 17.2 Å². The van der Waals surface area contributed by atoms with Gasteiger partial charge in [0.2, 0.25) is 0 Å². The molecule has 0 aromatic heterocycles. The van der Waals surface area contributed by atoms with Crippen LogP contribution in [0.2, 0.25) is 10.0 Å². The molecule has 0 bridgehead atoms. The second kappa shape index (κ2) is 10.0. The molecule has 0 saturated carbocycles. The first kappa shape index (κ1) is 23.8. The Morgan fingerprint density at radius 3 is 1.70 bits per heavy atom. The number of hydrogen-bond donors (Lipinski definition) is 1. The van der Waals surface area contributed by atoms with Gasteiger partial charge in [-0.3, -0.25) is 4.79 Å². The Hall–Kier alpha value is -2.44. The topological polar surface area (TPSA) is 73.9 Å². The lowest BCUT2D eigenvalue weighted by atomic mass is 10.1. The van der Waals surface area contributed by atoms with Gasteiger partial charge in [0.15, 0.2) is 11.2 Å². The van der Waals surface area contributed by atoms with Crippen molar-refractivity contribution < 1.29 is 23.8 Å². The molecule has 2 rings (SSSR count). The predicted octanol–water partition coefficient (Wildman–Crippen LogP) is 4.67. The summed E-state index contributed by atoms with van der Waals surface area (Å²) in [5.41, 5.74) is -2.32. The molecular weight excluding hydrogens is 429 g/mol. The maximum absolute atomic E-state index is 12.4. The minimum Gasteiger partial charge on any atom is -0.478 e. The fourth-order valence-electron chi connectivity index (χ4n) is 2.38. The largest absolute Gasteiger partial charge is 0.478 e. The predicted molar refractivity (Wildman–Crippen MR) is 116 cm³/mol. The zero-order valence-corrected chi connectivity index (χ0v) is 18.8. The maximum Gasteiger partial charge on any atom is 0.349 e. The van der Waals surface area contributed by atoms with Crippen LogP contribution < -0.4 is 14.8 Å². The Morgan fingerprint density at radius 1 is 0.800 bits per heavy atom. The van der Waals surface area contributed by atoms with Crippen molar-refractivity contribution in [2.24, 2.45) is 0 Å². The monoisotopic (exact) mass is 453 g/mol. The molecule has 2 aromatic carbocycles. The van der Waals surface area contributed by atoms with Crippen molar-refractivity contribution in [2.75, 3.05) is 13.2 Å². The van der Waals surface area contributed by atoms with Crippen molar-refractivity contribution in [1.82, 2.24) is 5.32 Å². The Balaban J connectivity index is 1.78. The normalized spacial score (nSPS) is 11.5. The number of esters is 1. The summed E-state index contributed by atoms with van der Waals surface area (Å²) in [5, 5.41) is 3.84. The van der Waals surface area contributed by atoms with E-state index in [9.17, 15) is 9.59 Å². The SMILES string of the molecule is CC(C)(Oc1ccc(Cl)cc1)C(=O)NCCOC(=O)C(C)(C)Oc1ccc(Cl)cc1. The van der Waals surface area contributed by atoms with Gasteiger partial charge in [-0.25, -0.2) is 4.79 Å². The molecule has 0 radical (unpaired) electrons. The molecule has 162 valence electrons. The van der Waals surface area contributed by atoms with Crippen molar-refractivity contribution in [2.45, 2.75) is 38.9 Å². The van der Waals surface area contributed by atoms with E-state index in [1.54, 1.807) is 76.2 Å². The van der Waals surface area contributed by atoms with Gasteiger partial charge >= 0.3 is 5.97 Å². The molecule has 30 heavy (non-hydrogen) atoms. The summed E-state index contributed by atoms with van der Waals surface area (Å²) < 4.78 is 16.6. The van der Waals surface area contributed by atoms with E-state index in [1.165, 1.54) is 0 Å². The van der Waals surface area contributed by atoms with Gasteiger partial charge in [0, 0.05) is 10.0 Å². The third-order valence-electron chi connectivity index (χ3n) is 4.03. The Bertz CT molecular complexity index is 791. The van der Waals surface area contributed by atoms with Crippen LogP contribution >= 0.6 is 23.2 Å². The molecule has 0 spiro atoms. The van der Waals surface area contributed by atoms with E-state index in [0.717, 1.165) is 0 Å². The lowest BCUT2D eigenvalue weighted by Gasteiger charge is -2.26. The number of benzene rings is 2. The number of amides is 1. The number of carbonyl (C=O) groups is 2. The van der Waals surface area contributed by atoms with Crippen LogP contribution in [0.4, 0.5) is 0 Å². The molecule has 1 amide bonds. The van der Waals surface area contributed by atoms with Gasteiger partial charge in [0.1, 0.15) is 18.1 Å². The standard InChI is InChI=1S/C22H25Cl2NO5/c1-21(2,29-17-9-5-15(23)6-10-17)19(26)25-13-14-28-20(27)22(3,4)30-18-11-7-16(24)8-12-18/h5-12H,13-14H2,1-4H3,(H,25,26). The minimum atomic E-state index is -1.20. The lowest BCUT2D eigenvalue weighted by molar-refractivity contribution is -0.159. The third-order valence-corrected chi connectivity index (χ3v) is 4.54. The van der Waals surface area contributed by atoms with Crippen LogP contribution in [0.15, 0.2) is 48.5 Å². The molecule has 1 N–H and O–H groups in total. The molecule has 0 atom stereocenters. The van der Waals surface area contributed by atoms with E-state index in [-0.39, 0.29) is 19.1 Å². The van der Waals surface area contributed by atoms with E-state index in [4.69, 9.17) is 37.4 Å². The summed E-state index contributed by atoms with van der Waals surface area (Å²) in [6.45, 7) is 6.62. The Kier molecular flexibility index (Phi) is 7.98. The molecule has 8 heteroatoms. The second-order valence-electron chi connectivity index (χ2n) is 7.52. The number of carbonyl (C=O) groups excluding carboxylic acids is 2. The molecule has 0 fully saturated rings. The van der Waals surface area contributed by atoms with Gasteiger partial charge in [-0.1, -0.05) is 23.2 Å². The summed E-state index contributed by atoms with van der Waals surface area (Å²) in [4.78, 5) is 24.7. The highest BCUT2D eigenvalue weighted by atomic mass is 35.5. The lowest BCUT2D eigenvalue weighted by Crippen LogP contribution is -2.48. The van der Waals surface area contributed by atoms with Crippen LogP contribution in [-0.2, 0) is 14.3 Å². The fraction of sp³-hybridized carbons (Fsp3) is 0.364. The number of nitrogens with one attached hydrogen (secondary N) is 1. The second-order valence-corrected chi connectivity index (χ2v) is 8.40. The van der Waals surface area contributed by atoms with Crippen LogP contribution in [0.5, 0.6) is 11.5 Å². The summed E-state index contributed by atoms with van der Waals surface area (Å²) in [6, 6.07) is 13.4. The van der Waals surface area contributed by atoms with Gasteiger partial charge in [0.05, 0.1) is 6.54 Å². The van der Waals surface area contributed by atoms with Gasteiger partial charge in [-0.05, 0) is 76.2 Å². The van der Waals surface area contributed by atoms with E-state index >= 15 is 0 Å². The quantitative estimate of drug-likeness (QED) is 0.441. The number of rotatable bonds is 9. The number of hydrogen-bond acceptors (Lipinski definition) is 5. The van der Waals surface area contributed by atoms with E-state index in [1.807, 2.05) is 0 Å². The minimum absolute atomic E-state index is 0.00495. The van der Waals surface area contributed by atoms with E-state index in [2.05, 4.69) is 5.32 Å². The third kappa shape index (κ3) is 7.11. The van der Waals surface area contributed by atoms with Gasteiger partial charge < -0.3 is 19.5 Å². The summed E-state index contributed by atoms with van der Waals surface area (Å²) in [5.74, 6) is 0.122. The fourth-order valence-corrected chi connectivity index (χ4v) is 2.63. The number of halogens is 2. The van der Waals surface area contributed by atoms with Gasteiger partial charge in [0.25, 0.3) is 5.91 Å². The average molecular weight is 454 g/mol. The first-order valence-corrected chi connectivity index (χ1v) is 10.1. The van der Waals surface area contributed by atoms with Crippen molar-refractivity contribution in [1.29, 1.82) is 0 Å². The van der Waals surface area contributed by atoms with Crippen molar-refractivity contribution in [3.63, 3.8) is 0 Å². The summed E-state index contributed by atoms with van der Waals surface area (Å²) in [7, 11) is 0. The number of ether oxygens (including phenoxy) is 3. The molecule has 0 aliphatic carbocycles. The van der Waals surface area contributed by atoms with Gasteiger partial charge in [-0.15, -0.1) is 0 Å². The van der Waals surface area contributed by atoms with Crippen molar-refractivity contribution in [3.8, 4) is 11.5 Å². The molecule has 0 saturated heterocycles. The molecular formula is C22H25Cl2NO5.